The van der Waals surface area contributed by atoms with E-state index in [1.807, 2.05) is 30.8 Å². The van der Waals surface area contributed by atoms with Crippen LogP contribution >= 0.6 is 11.8 Å². The second-order valence-electron chi connectivity index (χ2n) is 8.25. The zero-order valence-electron chi connectivity index (χ0n) is 18.3. The van der Waals surface area contributed by atoms with E-state index in [1.165, 1.54) is 21.6 Å². The molecule has 0 spiro atoms. The predicted molar refractivity (Wildman–Crippen MR) is 132 cm³/mol. The van der Waals surface area contributed by atoms with Crippen LogP contribution in [0.3, 0.4) is 0 Å². The minimum Gasteiger partial charge on any atom is -0.508 e. The highest BCUT2D eigenvalue weighted by Gasteiger charge is 2.26. The average molecular weight is 445 g/mol. The topological polar surface area (TPSA) is 61.7 Å². The molecule has 0 aliphatic carbocycles. The Hall–Kier alpha value is -3.05. The molecule has 0 saturated heterocycles. The van der Waals surface area contributed by atoms with Crippen LogP contribution in [0.25, 0.3) is 0 Å². The van der Waals surface area contributed by atoms with Gasteiger partial charge in [-0.25, -0.2) is 0 Å². The molecule has 4 nitrogen and oxygen atoms in total. The summed E-state index contributed by atoms with van der Waals surface area (Å²) in [6, 6.07) is 21.6. The maximum atomic E-state index is 13.1. The third kappa shape index (κ3) is 5.22. The van der Waals surface area contributed by atoms with Crippen LogP contribution in [-0.2, 0) is 17.6 Å². The number of hydrogen-bond donors (Lipinski definition) is 2. The summed E-state index contributed by atoms with van der Waals surface area (Å²) in [6.07, 6.45) is 2.22. The molecule has 3 aromatic rings. The number of phenolic OH excluding ortho intramolecular Hbond substituents is 1. The van der Waals surface area contributed by atoms with Gasteiger partial charge in [-0.3, -0.25) is 9.79 Å². The van der Waals surface area contributed by atoms with Crippen LogP contribution in [0.15, 0.2) is 76.6 Å². The molecular weight excluding hydrogens is 416 g/mol. The van der Waals surface area contributed by atoms with Crippen LogP contribution in [0.2, 0.25) is 0 Å². The maximum absolute atomic E-state index is 13.1. The Morgan fingerprint density at radius 1 is 1.16 bits per heavy atom. The molecular formula is C27H28N2O2S. The largest absolute Gasteiger partial charge is 0.508 e. The monoisotopic (exact) mass is 444 g/mol. The lowest BCUT2D eigenvalue weighted by molar-refractivity contribution is -0.123. The van der Waals surface area contributed by atoms with Crippen molar-refractivity contribution in [1.29, 1.82) is 0 Å². The second kappa shape index (κ2) is 10.0. The van der Waals surface area contributed by atoms with Gasteiger partial charge in [-0.15, -0.1) is 11.8 Å². The molecule has 4 rings (SSSR count). The van der Waals surface area contributed by atoms with Gasteiger partial charge in [0, 0.05) is 17.1 Å². The number of aliphatic imine (C=N–C) groups is 1. The summed E-state index contributed by atoms with van der Waals surface area (Å²) < 4.78 is 0. The van der Waals surface area contributed by atoms with Gasteiger partial charge in [0.05, 0.1) is 6.04 Å². The van der Waals surface area contributed by atoms with E-state index < -0.39 is 6.04 Å². The third-order valence-electron chi connectivity index (χ3n) is 5.94. The predicted octanol–water partition coefficient (Wildman–Crippen LogP) is 5.26. The van der Waals surface area contributed by atoms with Crippen molar-refractivity contribution in [3.63, 3.8) is 0 Å². The second-order valence-corrected chi connectivity index (χ2v) is 9.38. The number of amides is 1. The van der Waals surface area contributed by atoms with Gasteiger partial charge in [-0.2, -0.15) is 0 Å². The van der Waals surface area contributed by atoms with E-state index in [1.54, 1.807) is 12.1 Å². The molecule has 0 saturated carbocycles. The lowest BCUT2D eigenvalue weighted by Gasteiger charge is -2.28. The van der Waals surface area contributed by atoms with Crippen molar-refractivity contribution in [2.24, 2.45) is 4.99 Å². The summed E-state index contributed by atoms with van der Waals surface area (Å²) in [5, 5.41) is 12.9. The van der Waals surface area contributed by atoms with E-state index in [-0.39, 0.29) is 17.7 Å². The number of benzene rings is 3. The average Bonchev–Trinajstić information content (AvgIpc) is 2.79. The Balaban J connectivity index is 1.50. The number of nitrogens with one attached hydrogen (secondary N) is 1. The number of carbonyl (C=O) groups excluding carboxylic acids is 1. The Kier molecular flexibility index (Phi) is 6.96. The quantitative estimate of drug-likeness (QED) is 0.489. The van der Waals surface area contributed by atoms with Crippen molar-refractivity contribution in [2.75, 3.05) is 5.75 Å². The van der Waals surface area contributed by atoms with Gasteiger partial charge in [-0.1, -0.05) is 48.5 Å². The molecule has 0 fully saturated rings. The molecule has 32 heavy (non-hydrogen) atoms. The highest BCUT2D eigenvalue weighted by molar-refractivity contribution is 7.99. The summed E-state index contributed by atoms with van der Waals surface area (Å²) in [6.45, 7) is 5.59. The number of rotatable bonds is 7. The molecule has 1 aliphatic rings. The number of aryl methyl sites for hydroxylation is 1. The first-order chi connectivity index (χ1) is 15.5. The third-order valence-corrected chi connectivity index (χ3v) is 7.07. The fourth-order valence-corrected chi connectivity index (χ4v) is 5.27. The molecule has 0 radical (unpaired) electrons. The SMILES string of the molecule is C=N[C@@H](Cc1ccc(O)cc1C)C(=O)N[C@@H]1CCSc2ccc(Cc3ccccc3)cc21. The zero-order valence-corrected chi connectivity index (χ0v) is 19.1. The lowest BCUT2D eigenvalue weighted by Crippen LogP contribution is -2.38. The van der Waals surface area contributed by atoms with Crippen LogP contribution < -0.4 is 5.32 Å². The molecule has 5 heteroatoms. The molecule has 0 unspecified atom stereocenters. The van der Waals surface area contributed by atoms with E-state index in [2.05, 4.69) is 59.5 Å². The number of hydrogen-bond acceptors (Lipinski definition) is 4. The number of phenols is 1. The van der Waals surface area contributed by atoms with Crippen LogP contribution in [0, 0.1) is 6.92 Å². The molecule has 1 heterocycles. The first kappa shape index (κ1) is 22.2. The Bertz CT molecular complexity index is 1110. The summed E-state index contributed by atoms with van der Waals surface area (Å²) in [5.74, 6) is 1.09. The van der Waals surface area contributed by atoms with E-state index in [9.17, 15) is 9.90 Å². The Morgan fingerprint density at radius 3 is 2.72 bits per heavy atom. The van der Waals surface area contributed by atoms with Crippen LogP contribution in [-0.4, -0.2) is 29.5 Å². The van der Waals surface area contributed by atoms with Crippen LogP contribution in [0.1, 0.15) is 40.3 Å². The van der Waals surface area contributed by atoms with Gasteiger partial charge in [0.25, 0.3) is 0 Å². The van der Waals surface area contributed by atoms with Crippen LogP contribution in [0.5, 0.6) is 5.75 Å². The fraction of sp³-hybridized carbons (Fsp3) is 0.259. The Morgan fingerprint density at radius 2 is 1.97 bits per heavy atom. The molecule has 164 valence electrons. The van der Waals surface area contributed by atoms with Gasteiger partial charge >= 0.3 is 0 Å². The van der Waals surface area contributed by atoms with Gasteiger partial charge in [-0.05, 0) is 72.5 Å². The van der Waals surface area contributed by atoms with Crippen LogP contribution in [0.4, 0.5) is 0 Å². The molecule has 2 atom stereocenters. The van der Waals surface area contributed by atoms with E-state index >= 15 is 0 Å². The van der Waals surface area contributed by atoms with Crippen molar-refractivity contribution >= 4 is 24.4 Å². The highest BCUT2D eigenvalue weighted by atomic mass is 32.2. The highest BCUT2D eigenvalue weighted by Crippen LogP contribution is 2.37. The van der Waals surface area contributed by atoms with Crippen molar-refractivity contribution in [2.45, 2.75) is 43.2 Å². The molecule has 2 N–H and O–H groups in total. The number of carbonyl (C=O) groups is 1. The van der Waals surface area contributed by atoms with E-state index in [0.717, 1.165) is 29.7 Å². The fourth-order valence-electron chi connectivity index (χ4n) is 4.16. The zero-order chi connectivity index (χ0) is 22.5. The van der Waals surface area contributed by atoms with Crippen molar-refractivity contribution in [1.82, 2.24) is 5.32 Å². The molecule has 0 aromatic heterocycles. The van der Waals surface area contributed by atoms with E-state index in [4.69, 9.17) is 0 Å². The number of nitrogens with zero attached hydrogens (tertiary/aromatic N) is 1. The molecule has 1 aliphatic heterocycles. The smallest absolute Gasteiger partial charge is 0.245 e. The van der Waals surface area contributed by atoms with Gasteiger partial charge in [0.15, 0.2) is 0 Å². The minimum absolute atomic E-state index is 0.0281. The normalized spacial score (nSPS) is 16.1. The van der Waals surface area contributed by atoms with Gasteiger partial charge in [0.2, 0.25) is 5.91 Å². The molecule has 1 amide bonds. The number of fused-ring (bicyclic) bond motifs is 1. The van der Waals surface area contributed by atoms with Crippen molar-refractivity contribution in [3.05, 3.63) is 94.5 Å². The summed E-state index contributed by atoms with van der Waals surface area (Å²) in [5.41, 5.74) is 5.63. The summed E-state index contributed by atoms with van der Waals surface area (Å²) in [7, 11) is 0. The standard InChI is InChI=1S/C27H28N2O2S/c1-18-14-22(30)10-9-21(18)17-25(28-2)27(31)29-24-12-13-32-26-11-8-20(16-23(24)26)15-19-6-4-3-5-7-19/h3-11,14,16,24-25,30H,2,12-13,15,17H2,1H3,(H,29,31)/t24-,25+/m1/s1. The first-order valence-corrected chi connectivity index (χ1v) is 11.9. The van der Waals surface area contributed by atoms with Gasteiger partial charge in [0.1, 0.15) is 11.8 Å². The number of aromatic hydroxyl groups is 1. The lowest BCUT2D eigenvalue weighted by atomic mass is 9.96. The summed E-state index contributed by atoms with van der Waals surface area (Å²) in [4.78, 5) is 18.5. The number of thioether (sulfide) groups is 1. The summed E-state index contributed by atoms with van der Waals surface area (Å²) >= 11 is 1.84. The van der Waals surface area contributed by atoms with Crippen molar-refractivity contribution in [3.8, 4) is 5.75 Å². The Labute approximate surface area is 193 Å². The maximum Gasteiger partial charge on any atom is 0.245 e. The molecule has 0 bridgehead atoms. The first-order valence-electron chi connectivity index (χ1n) is 10.9. The van der Waals surface area contributed by atoms with Gasteiger partial charge < -0.3 is 10.4 Å². The minimum atomic E-state index is -0.566. The van der Waals surface area contributed by atoms with Crippen molar-refractivity contribution < 1.29 is 9.90 Å². The van der Waals surface area contributed by atoms with E-state index in [0.29, 0.717) is 6.42 Å². The molecule has 3 aromatic carbocycles.